The van der Waals surface area contributed by atoms with Crippen molar-refractivity contribution in [2.75, 3.05) is 12.5 Å². The third kappa shape index (κ3) is 4.38. The molecule has 0 aliphatic heterocycles. The van der Waals surface area contributed by atoms with Crippen LogP contribution in [0.15, 0.2) is 91.0 Å². The largest absolute Gasteiger partial charge is 0.496 e. The van der Waals surface area contributed by atoms with Gasteiger partial charge in [-0.2, -0.15) is 5.10 Å². The number of aromatic nitrogens is 3. The zero-order valence-corrected chi connectivity index (χ0v) is 19.5. The Bertz CT molecular complexity index is 1480. The standard InChI is InChI=1S/C27H24N4O2S/c1-32-24-14-8-7-13-22(24)26-29-30-27(34)31(26)28-17-23-21-12-6-5-11-20(21)15-16-25(23)33-18-19-9-3-2-4-10-19/h2-16,28H,17-18H2,1H3,(H,30,34). The van der Waals surface area contributed by atoms with Gasteiger partial charge in [0.2, 0.25) is 4.77 Å². The first-order chi connectivity index (χ1) is 16.7. The van der Waals surface area contributed by atoms with Crippen LogP contribution in [0, 0.1) is 4.77 Å². The highest BCUT2D eigenvalue weighted by atomic mass is 32.1. The lowest BCUT2D eigenvalue weighted by Gasteiger charge is -2.17. The van der Waals surface area contributed by atoms with Crippen LogP contribution >= 0.6 is 12.2 Å². The van der Waals surface area contributed by atoms with E-state index in [0.29, 0.717) is 23.7 Å². The Kier molecular flexibility index (Phi) is 6.27. The summed E-state index contributed by atoms with van der Waals surface area (Å²) in [6, 6.07) is 30.3. The van der Waals surface area contributed by atoms with Crippen molar-refractivity contribution in [3.63, 3.8) is 0 Å². The van der Waals surface area contributed by atoms with Gasteiger partial charge in [0, 0.05) is 5.56 Å². The first-order valence-corrected chi connectivity index (χ1v) is 11.4. The van der Waals surface area contributed by atoms with Crippen molar-refractivity contribution < 1.29 is 9.47 Å². The van der Waals surface area contributed by atoms with Crippen LogP contribution in [-0.4, -0.2) is 22.0 Å². The maximum atomic E-state index is 6.26. The SMILES string of the molecule is COc1ccccc1-c1n[nH]c(=S)n1NCc1c(OCc2ccccc2)ccc2ccccc12. The van der Waals surface area contributed by atoms with Crippen LogP contribution in [0.2, 0.25) is 0 Å². The first-order valence-electron chi connectivity index (χ1n) is 11.0. The highest BCUT2D eigenvalue weighted by Crippen LogP contribution is 2.30. The number of benzene rings is 4. The van der Waals surface area contributed by atoms with Crippen LogP contribution in [0.25, 0.3) is 22.2 Å². The van der Waals surface area contributed by atoms with Gasteiger partial charge in [0.25, 0.3) is 0 Å². The van der Waals surface area contributed by atoms with Crippen molar-refractivity contribution in [1.82, 2.24) is 14.9 Å². The van der Waals surface area contributed by atoms with Crippen LogP contribution in [0.4, 0.5) is 0 Å². The molecule has 0 atom stereocenters. The maximum absolute atomic E-state index is 6.26. The van der Waals surface area contributed by atoms with Gasteiger partial charge in [-0.05, 0) is 46.8 Å². The summed E-state index contributed by atoms with van der Waals surface area (Å²) in [4.78, 5) is 0. The van der Waals surface area contributed by atoms with E-state index in [1.807, 2.05) is 60.7 Å². The van der Waals surface area contributed by atoms with Crippen LogP contribution < -0.4 is 14.9 Å². The molecule has 5 rings (SSSR count). The monoisotopic (exact) mass is 468 g/mol. The Hall–Kier alpha value is -4.10. The zero-order valence-electron chi connectivity index (χ0n) is 18.7. The summed E-state index contributed by atoms with van der Waals surface area (Å²) in [7, 11) is 1.64. The topological polar surface area (TPSA) is 64.1 Å². The Balaban J connectivity index is 1.49. The second kappa shape index (κ2) is 9.80. The molecule has 0 saturated carbocycles. The van der Waals surface area contributed by atoms with Crippen molar-refractivity contribution in [2.45, 2.75) is 13.2 Å². The van der Waals surface area contributed by atoms with E-state index in [2.05, 4.69) is 46.0 Å². The lowest BCUT2D eigenvalue weighted by molar-refractivity contribution is 0.303. The van der Waals surface area contributed by atoms with Crippen molar-refractivity contribution in [2.24, 2.45) is 0 Å². The predicted octanol–water partition coefficient (Wildman–Crippen LogP) is 6.09. The van der Waals surface area contributed by atoms with Gasteiger partial charge in [-0.1, -0.05) is 72.8 Å². The maximum Gasteiger partial charge on any atom is 0.214 e. The van der Waals surface area contributed by atoms with E-state index in [-0.39, 0.29) is 0 Å². The van der Waals surface area contributed by atoms with E-state index in [1.54, 1.807) is 11.8 Å². The number of hydrogen-bond donors (Lipinski definition) is 2. The molecule has 0 aliphatic carbocycles. The van der Waals surface area contributed by atoms with E-state index in [1.165, 1.54) is 0 Å². The summed E-state index contributed by atoms with van der Waals surface area (Å²) in [5.74, 6) is 2.19. The minimum absolute atomic E-state index is 0.466. The average Bonchev–Trinajstić information content (AvgIpc) is 3.26. The molecule has 34 heavy (non-hydrogen) atoms. The number of aromatic amines is 1. The molecule has 6 nitrogen and oxygen atoms in total. The lowest BCUT2D eigenvalue weighted by Crippen LogP contribution is -2.17. The fourth-order valence-electron chi connectivity index (χ4n) is 3.98. The third-order valence-corrected chi connectivity index (χ3v) is 5.94. The molecule has 0 spiro atoms. The molecular formula is C27H24N4O2S. The number of nitrogens with one attached hydrogen (secondary N) is 2. The molecule has 0 unspecified atom stereocenters. The summed E-state index contributed by atoms with van der Waals surface area (Å²) in [5.41, 5.74) is 6.44. The number of para-hydroxylation sites is 1. The fourth-order valence-corrected chi connectivity index (χ4v) is 4.18. The molecule has 1 aromatic heterocycles. The van der Waals surface area contributed by atoms with E-state index < -0.39 is 0 Å². The summed E-state index contributed by atoms with van der Waals surface area (Å²) >= 11 is 5.52. The zero-order chi connectivity index (χ0) is 23.3. The van der Waals surface area contributed by atoms with E-state index >= 15 is 0 Å². The van der Waals surface area contributed by atoms with Gasteiger partial charge in [0.15, 0.2) is 5.82 Å². The molecule has 0 radical (unpaired) electrons. The van der Waals surface area contributed by atoms with Gasteiger partial charge in [-0.15, -0.1) is 0 Å². The molecule has 0 aliphatic rings. The summed E-state index contributed by atoms with van der Waals surface area (Å²) < 4.78 is 14.0. The number of rotatable bonds is 8. The Morgan fingerprint density at radius 3 is 2.50 bits per heavy atom. The quantitative estimate of drug-likeness (QED) is 0.270. The van der Waals surface area contributed by atoms with Crippen molar-refractivity contribution in [3.8, 4) is 22.9 Å². The molecule has 7 heteroatoms. The second-order valence-corrected chi connectivity index (χ2v) is 8.15. The van der Waals surface area contributed by atoms with Gasteiger partial charge < -0.3 is 14.9 Å². The molecule has 1 heterocycles. The van der Waals surface area contributed by atoms with E-state index in [9.17, 15) is 0 Å². The van der Waals surface area contributed by atoms with Crippen LogP contribution in [0.5, 0.6) is 11.5 Å². The molecule has 5 aromatic rings. The van der Waals surface area contributed by atoms with Crippen LogP contribution in [0.3, 0.4) is 0 Å². The number of nitrogens with zero attached hydrogens (tertiary/aromatic N) is 2. The number of H-pyrrole nitrogens is 1. The molecule has 4 aromatic carbocycles. The summed E-state index contributed by atoms with van der Waals surface area (Å²) in [6.45, 7) is 0.977. The number of hydrogen-bond acceptors (Lipinski definition) is 5. The Morgan fingerprint density at radius 2 is 1.65 bits per heavy atom. The van der Waals surface area contributed by atoms with E-state index in [0.717, 1.165) is 39.0 Å². The molecular weight excluding hydrogens is 444 g/mol. The Labute approximate surface area is 202 Å². The number of ether oxygens (including phenoxy) is 2. The third-order valence-electron chi connectivity index (χ3n) is 5.67. The summed E-state index contributed by atoms with van der Waals surface area (Å²) in [6.07, 6.45) is 0. The Morgan fingerprint density at radius 1 is 0.882 bits per heavy atom. The fraction of sp³-hybridized carbons (Fsp3) is 0.111. The molecule has 0 saturated heterocycles. The predicted molar refractivity (Wildman–Crippen MR) is 137 cm³/mol. The normalized spacial score (nSPS) is 10.9. The number of methoxy groups -OCH3 is 1. The van der Waals surface area contributed by atoms with Crippen molar-refractivity contribution in [1.29, 1.82) is 0 Å². The highest BCUT2D eigenvalue weighted by molar-refractivity contribution is 7.71. The van der Waals surface area contributed by atoms with Gasteiger partial charge in [0.05, 0.1) is 19.2 Å². The van der Waals surface area contributed by atoms with Gasteiger partial charge in [0.1, 0.15) is 18.1 Å². The second-order valence-electron chi connectivity index (χ2n) is 7.76. The minimum atomic E-state index is 0.466. The smallest absolute Gasteiger partial charge is 0.214 e. The van der Waals surface area contributed by atoms with Crippen molar-refractivity contribution in [3.05, 3.63) is 107 Å². The van der Waals surface area contributed by atoms with Gasteiger partial charge >= 0.3 is 0 Å². The van der Waals surface area contributed by atoms with E-state index in [4.69, 9.17) is 21.7 Å². The summed E-state index contributed by atoms with van der Waals surface area (Å²) in [5, 5.41) is 9.59. The lowest BCUT2D eigenvalue weighted by atomic mass is 10.0. The van der Waals surface area contributed by atoms with Gasteiger partial charge in [-0.25, -0.2) is 9.77 Å². The van der Waals surface area contributed by atoms with Gasteiger partial charge in [-0.3, -0.25) is 0 Å². The average molecular weight is 469 g/mol. The molecule has 0 fully saturated rings. The molecule has 2 N–H and O–H groups in total. The molecule has 0 amide bonds. The minimum Gasteiger partial charge on any atom is -0.496 e. The molecule has 170 valence electrons. The van der Waals surface area contributed by atoms with Crippen molar-refractivity contribution >= 4 is 23.0 Å². The first kappa shape index (κ1) is 21.7. The van der Waals surface area contributed by atoms with Crippen LogP contribution in [-0.2, 0) is 13.2 Å². The molecule has 0 bridgehead atoms. The van der Waals surface area contributed by atoms with Crippen LogP contribution in [0.1, 0.15) is 11.1 Å². The number of fused-ring (bicyclic) bond motifs is 1. The highest BCUT2D eigenvalue weighted by Gasteiger charge is 2.15.